The van der Waals surface area contributed by atoms with Gasteiger partial charge in [0.25, 0.3) is 0 Å². The van der Waals surface area contributed by atoms with Crippen molar-refractivity contribution < 1.29 is 9.53 Å². The van der Waals surface area contributed by atoms with E-state index in [1.54, 1.807) is 19.2 Å². The summed E-state index contributed by atoms with van der Waals surface area (Å²) in [5.41, 5.74) is 8.72. The van der Waals surface area contributed by atoms with Gasteiger partial charge in [-0.2, -0.15) is 9.97 Å². The molecule has 0 radical (unpaired) electrons. The molecule has 2 aromatic carbocycles. The van der Waals surface area contributed by atoms with Crippen molar-refractivity contribution in [1.82, 2.24) is 14.5 Å². The fourth-order valence-electron chi connectivity index (χ4n) is 3.30. The summed E-state index contributed by atoms with van der Waals surface area (Å²) >= 11 is 0. The van der Waals surface area contributed by atoms with E-state index in [0.29, 0.717) is 29.8 Å². The third-order valence-electron chi connectivity index (χ3n) is 4.80. The van der Waals surface area contributed by atoms with Crippen LogP contribution in [0.3, 0.4) is 0 Å². The molecule has 146 valence electrons. The van der Waals surface area contributed by atoms with Crippen molar-refractivity contribution in [2.75, 3.05) is 12.4 Å². The van der Waals surface area contributed by atoms with Gasteiger partial charge < -0.3 is 15.8 Å². The van der Waals surface area contributed by atoms with Crippen molar-refractivity contribution in [3.63, 3.8) is 0 Å². The largest absolute Gasteiger partial charge is 0.481 e. The van der Waals surface area contributed by atoms with E-state index in [4.69, 9.17) is 15.5 Å². The summed E-state index contributed by atoms with van der Waals surface area (Å²) in [6.45, 7) is 2.54. The fourth-order valence-corrected chi connectivity index (χ4v) is 3.30. The number of hydrogen-bond donors (Lipinski definition) is 2. The third kappa shape index (κ3) is 3.50. The average Bonchev–Trinajstić information content (AvgIpc) is 3.18. The van der Waals surface area contributed by atoms with Crippen molar-refractivity contribution >= 4 is 22.6 Å². The average molecular weight is 387 g/mol. The molecule has 29 heavy (non-hydrogen) atoms. The third-order valence-corrected chi connectivity index (χ3v) is 4.80. The SMILES string of the molecule is COc1nc(-n2ccc3c(C(N)=O)cccc32)nc(NCc2ccccc2)c1C. The van der Waals surface area contributed by atoms with Crippen LogP contribution in [0.5, 0.6) is 5.88 Å². The summed E-state index contributed by atoms with van der Waals surface area (Å²) in [6, 6.07) is 17.3. The Morgan fingerprint density at radius 3 is 2.62 bits per heavy atom. The molecular weight excluding hydrogens is 366 g/mol. The molecule has 0 bridgehead atoms. The zero-order valence-electron chi connectivity index (χ0n) is 16.2. The molecule has 0 saturated heterocycles. The number of nitrogens with zero attached hydrogens (tertiary/aromatic N) is 3. The number of hydrogen-bond acceptors (Lipinski definition) is 5. The summed E-state index contributed by atoms with van der Waals surface area (Å²) < 4.78 is 7.29. The van der Waals surface area contributed by atoms with Crippen LogP contribution in [0.25, 0.3) is 16.9 Å². The first-order chi connectivity index (χ1) is 14.1. The minimum absolute atomic E-state index is 0.444. The molecule has 7 nitrogen and oxygen atoms in total. The monoisotopic (exact) mass is 387 g/mol. The van der Waals surface area contributed by atoms with Gasteiger partial charge in [-0.15, -0.1) is 0 Å². The zero-order valence-corrected chi connectivity index (χ0v) is 16.2. The van der Waals surface area contributed by atoms with Gasteiger partial charge in [0.1, 0.15) is 5.82 Å². The number of methoxy groups -OCH3 is 1. The quantitative estimate of drug-likeness (QED) is 0.528. The van der Waals surface area contributed by atoms with Gasteiger partial charge >= 0.3 is 0 Å². The van der Waals surface area contributed by atoms with Crippen molar-refractivity contribution in [3.05, 3.63) is 77.5 Å². The molecule has 4 rings (SSSR count). The molecular formula is C22H21N5O2. The Morgan fingerprint density at radius 2 is 1.90 bits per heavy atom. The van der Waals surface area contributed by atoms with Crippen LogP contribution >= 0.6 is 0 Å². The summed E-state index contributed by atoms with van der Waals surface area (Å²) in [5, 5.41) is 4.12. The van der Waals surface area contributed by atoms with E-state index in [1.165, 1.54) is 0 Å². The van der Waals surface area contributed by atoms with Crippen molar-refractivity contribution in [2.45, 2.75) is 13.5 Å². The Bertz CT molecular complexity index is 1180. The molecule has 0 fully saturated rings. The van der Waals surface area contributed by atoms with E-state index in [2.05, 4.69) is 10.3 Å². The first kappa shape index (κ1) is 18.5. The Morgan fingerprint density at radius 1 is 1.10 bits per heavy atom. The van der Waals surface area contributed by atoms with E-state index >= 15 is 0 Å². The highest BCUT2D eigenvalue weighted by atomic mass is 16.5. The Kier molecular flexibility index (Phi) is 4.87. The second kappa shape index (κ2) is 7.63. The van der Waals surface area contributed by atoms with Crippen LogP contribution < -0.4 is 15.8 Å². The van der Waals surface area contributed by atoms with Crippen LogP contribution in [0.4, 0.5) is 5.82 Å². The second-order valence-corrected chi connectivity index (χ2v) is 6.63. The lowest BCUT2D eigenvalue weighted by molar-refractivity contribution is 0.100. The number of rotatable bonds is 6. The van der Waals surface area contributed by atoms with E-state index in [9.17, 15) is 4.79 Å². The predicted octanol–water partition coefficient (Wildman–Crippen LogP) is 3.45. The first-order valence-corrected chi connectivity index (χ1v) is 9.19. The molecule has 4 aromatic rings. The lowest BCUT2D eigenvalue weighted by Gasteiger charge is -2.14. The molecule has 7 heteroatoms. The molecule has 1 amide bonds. The van der Waals surface area contributed by atoms with Crippen molar-refractivity contribution in [3.8, 4) is 11.8 Å². The minimum Gasteiger partial charge on any atom is -0.481 e. The maximum atomic E-state index is 11.7. The molecule has 0 unspecified atom stereocenters. The van der Waals surface area contributed by atoms with E-state index in [-0.39, 0.29) is 0 Å². The maximum absolute atomic E-state index is 11.7. The normalized spacial score (nSPS) is 10.8. The second-order valence-electron chi connectivity index (χ2n) is 6.63. The predicted molar refractivity (Wildman–Crippen MR) is 112 cm³/mol. The lowest BCUT2D eigenvalue weighted by atomic mass is 10.1. The van der Waals surface area contributed by atoms with Gasteiger partial charge in [0.05, 0.1) is 18.2 Å². The number of carbonyl (C=O) groups is 1. The number of carbonyl (C=O) groups excluding carboxylic acids is 1. The number of anilines is 1. The molecule has 0 aliphatic heterocycles. The van der Waals surface area contributed by atoms with Gasteiger partial charge in [-0.1, -0.05) is 36.4 Å². The molecule has 0 saturated carbocycles. The molecule has 0 aliphatic carbocycles. The van der Waals surface area contributed by atoms with Crippen LogP contribution in [-0.2, 0) is 6.54 Å². The Balaban J connectivity index is 1.77. The maximum Gasteiger partial charge on any atom is 0.249 e. The Hall–Kier alpha value is -3.87. The molecule has 0 spiro atoms. The minimum atomic E-state index is -0.471. The van der Waals surface area contributed by atoms with E-state index < -0.39 is 5.91 Å². The van der Waals surface area contributed by atoms with E-state index in [1.807, 2.05) is 60.2 Å². The smallest absolute Gasteiger partial charge is 0.249 e. The van der Waals surface area contributed by atoms with E-state index in [0.717, 1.165) is 22.0 Å². The summed E-state index contributed by atoms with van der Waals surface area (Å²) in [4.78, 5) is 21.0. The van der Waals surface area contributed by atoms with Crippen LogP contribution in [0, 0.1) is 6.92 Å². The number of nitrogens with one attached hydrogen (secondary N) is 1. The number of primary amides is 1. The van der Waals surface area contributed by atoms with Crippen LogP contribution in [-0.4, -0.2) is 27.6 Å². The van der Waals surface area contributed by atoms with Crippen molar-refractivity contribution in [1.29, 1.82) is 0 Å². The summed E-state index contributed by atoms with van der Waals surface area (Å²) in [5.74, 6) is 1.14. The first-order valence-electron chi connectivity index (χ1n) is 9.19. The number of benzene rings is 2. The van der Waals surface area contributed by atoms with Gasteiger partial charge in [0.2, 0.25) is 17.7 Å². The summed E-state index contributed by atoms with van der Waals surface area (Å²) in [7, 11) is 1.58. The van der Waals surface area contributed by atoms with Crippen molar-refractivity contribution in [2.24, 2.45) is 5.73 Å². The van der Waals surface area contributed by atoms with Crippen LogP contribution in [0.1, 0.15) is 21.5 Å². The van der Waals surface area contributed by atoms with Gasteiger partial charge in [-0.25, -0.2) is 0 Å². The highest BCUT2D eigenvalue weighted by Crippen LogP contribution is 2.27. The lowest BCUT2D eigenvalue weighted by Crippen LogP contribution is -2.11. The number of aromatic nitrogens is 3. The molecule has 2 aromatic heterocycles. The number of ether oxygens (including phenoxy) is 1. The Labute approximate surface area is 168 Å². The topological polar surface area (TPSA) is 95.1 Å². The standard InChI is InChI=1S/C22H21N5O2/c1-14-20(24-13-15-7-4-3-5-8-15)25-22(26-21(14)29-2)27-12-11-16-17(19(23)28)9-6-10-18(16)27/h3-12H,13H2,1-2H3,(H2,23,28)(H,24,25,26). The highest BCUT2D eigenvalue weighted by molar-refractivity contribution is 6.06. The summed E-state index contributed by atoms with van der Waals surface area (Å²) in [6.07, 6.45) is 1.82. The van der Waals surface area contributed by atoms with Gasteiger partial charge in [0.15, 0.2) is 0 Å². The molecule has 3 N–H and O–H groups in total. The molecule has 2 heterocycles. The number of fused-ring (bicyclic) bond motifs is 1. The molecule has 0 atom stereocenters. The van der Waals surface area contributed by atoms with Gasteiger partial charge in [-0.05, 0) is 30.7 Å². The van der Waals surface area contributed by atoms with Crippen LogP contribution in [0.2, 0.25) is 0 Å². The zero-order chi connectivity index (χ0) is 20.4. The number of nitrogens with two attached hydrogens (primary N) is 1. The number of amides is 1. The fraction of sp³-hybridized carbons (Fsp3) is 0.136. The highest BCUT2D eigenvalue weighted by Gasteiger charge is 2.16. The van der Waals surface area contributed by atoms with Gasteiger partial charge in [0, 0.05) is 23.7 Å². The van der Waals surface area contributed by atoms with Crippen LogP contribution in [0.15, 0.2) is 60.8 Å². The van der Waals surface area contributed by atoms with Gasteiger partial charge in [-0.3, -0.25) is 9.36 Å². The molecule has 0 aliphatic rings.